The molecular formula is C17H14F6N2OS. The molecule has 2 aromatic rings. The lowest BCUT2D eigenvalue weighted by Crippen LogP contribution is -2.27. The lowest BCUT2D eigenvalue weighted by Gasteiger charge is -2.09. The van der Waals surface area contributed by atoms with Gasteiger partial charge in [-0.05, 0) is 36.2 Å². The Kier molecular flexibility index (Phi) is 6.74. The molecule has 0 aliphatic carbocycles. The second-order valence-electron chi connectivity index (χ2n) is 5.47. The topological polar surface area (TPSA) is 42.0 Å². The van der Waals surface area contributed by atoms with Gasteiger partial charge in [0.25, 0.3) is 0 Å². The van der Waals surface area contributed by atoms with Gasteiger partial charge < -0.3 is 5.32 Å². The Morgan fingerprint density at radius 3 is 2.04 bits per heavy atom. The minimum absolute atomic E-state index is 0.0363. The number of pyridine rings is 1. The molecule has 10 heteroatoms. The van der Waals surface area contributed by atoms with Crippen molar-refractivity contribution in [1.29, 1.82) is 0 Å². The molecule has 0 unspecified atom stereocenters. The van der Waals surface area contributed by atoms with E-state index in [1.165, 1.54) is 18.2 Å². The molecule has 0 aliphatic heterocycles. The number of nitrogens with one attached hydrogen (secondary N) is 1. The quantitative estimate of drug-likeness (QED) is 0.563. The normalized spacial score (nSPS) is 12.1. The molecule has 2 rings (SSSR count). The van der Waals surface area contributed by atoms with E-state index in [4.69, 9.17) is 0 Å². The first-order valence-corrected chi connectivity index (χ1v) is 8.63. The van der Waals surface area contributed by atoms with Crippen molar-refractivity contribution in [3.05, 3.63) is 59.3 Å². The van der Waals surface area contributed by atoms with E-state index in [9.17, 15) is 31.1 Å². The van der Waals surface area contributed by atoms with Crippen LogP contribution in [0.1, 0.15) is 16.7 Å². The van der Waals surface area contributed by atoms with Gasteiger partial charge in [0, 0.05) is 12.7 Å². The summed E-state index contributed by atoms with van der Waals surface area (Å²) in [7, 11) is 0. The van der Waals surface area contributed by atoms with Gasteiger partial charge in [-0.1, -0.05) is 23.9 Å². The highest BCUT2D eigenvalue weighted by molar-refractivity contribution is 7.99. The van der Waals surface area contributed by atoms with Crippen molar-refractivity contribution in [2.75, 3.05) is 12.3 Å². The van der Waals surface area contributed by atoms with E-state index < -0.39 is 23.5 Å². The maximum absolute atomic E-state index is 12.5. The van der Waals surface area contributed by atoms with Crippen LogP contribution in [0.25, 0.3) is 0 Å². The number of hydrogen-bond donors (Lipinski definition) is 1. The number of rotatable bonds is 6. The zero-order valence-electron chi connectivity index (χ0n) is 13.7. The maximum atomic E-state index is 12.5. The molecule has 0 saturated heterocycles. The molecule has 27 heavy (non-hydrogen) atoms. The van der Waals surface area contributed by atoms with Crippen LogP contribution in [0.2, 0.25) is 0 Å². The van der Waals surface area contributed by atoms with Crippen LogP contribution in [0.5, 0.6) is 0 Å². The molecule has 1 heterocycles. The number of benzene rings is 1. The van der Waals surface area contributed by atoms with Crippen molar-refractivity contribution in [2.45, 2.75) is 23.8 Å². The third-order valence-electron chi connectivity index (χ3n) is 3.43. The van der Waals surface area contributed by atoms with Crippen LogP contribution < -0.4 is 5.32 Å². The molecule has 1 aromatic heterocycles. The van der Waals surface area contributed by atoms with Gasteiger partial charge in [0.05, 0.1) is 21.9 Å². The first kappa shape index (κ1) is 21.1. The standard InChI is InChI=1S/C17H14F6N2OS/c18-16(19,20)12-3-1-11(2-4-12)7-8-24-14(26)10-27-15-6-5-13(9-25-15)17(21,22)23/h1-6,9H,7-8,10H2,(H,24,26). The van der Waals surface area contributed by atoms with Gasteiger partial charge >= 0.3 is 12.4 Å². The molecule has 0 atom stereocenters. The summed E-state index contributed by atoms with van der Waals surface area (Å²) < 4.78 is 74.7. The van der Waals surface area contributed by atoms with Crippen LogP contribution >= 0.6 is 11.8 Å². The SMILES string of the molecule is O=C(CSc1ccc(C(F)(F)F)cn1)NCCc1ccc(C(F)(F)F)cc1. The monoisotopic (exact) mass is 408 g/mol. The summed E-state index contributed by atoms with van der Waals surface area (Å²) >= 11 is 0.983. The summed E-state index contributed by atoms with van der Waals surface area (Å²) in [4.78, 5) is 15.4. The van der Waals surface area contributed by atoms with Gasteiger partial charge in [0.1, 0.15) is 0 Å². The van der Waals surface area contributed by atoms with Crippen molar-refractivity contribution >= 4 is 17.7 Å². The molecule has 146 valence electrons. The second-order valence-corrected chi connectivity index (χ2v) is 6.46. The number of carbonyl (C=O) groups is 1. The molecular weight excluding hydrogens is 394 g/mol. The van der Waals surface area contributed by atoms with Crippen molar-refractivity contribution < 1.29 is 31.1 Å². The third kappa shape index (κ3) is 6.78. The van der Waals surface area contributed by atoms with E-state index in [0.29, 0.717) is 18.2 Å². The molecule has 1 N–H and O–H groups in total. The largest absolute Gasteiger partial charge is 0.417 e. The van der Waals surface area contributed by atoms with Crippen molar-refractivity contribution in [3.63, 3.8) is 0 Å². The molecule has 3 nitrogen and oxygen atoms in total. The van der Waals surface area contributed by atoms with E-state index in [1.54, 1.807) is 0 Å². The summed E-state index contributed by atoms with van der Waals surface area (Å²) in [6, 6.07) is 6.71. The predicted molar refractivity (Wildman–Crippen MR) is 88.1 cm³/mol. The third-order valence-corrected chi connectivity index (χ3v) is 4.38. The second kappa shape index (κ2) is 8.64. The van der Waals surface area contributed by atoms with E-state index >= 15 is 0 Å². The van der Waals surface area contributed by atoms with Crippen LogP contribution in [0, 0.1) is 0 Å². The zero-order chi connectivity index (χ0) is 20.1. The molecule has 0 aliphatic rings. The highest BCUT2D eigenvalue weighted by atomic mass is 32.2. The smallest absolute Gasteiger partial charge is 0.355 e. The molecule has 0 radical (unpaired) electrons. The first-order chi connectivity index (χ1) is 12.6. The summed E-state index contributed by atoms with van der Waals surface area (Å²) in [5, 5.41) is 2.87. The number of halogens is 6. The van der Waals surface area contributed by atoms with Gasteiger partial charge in [-0.15, -0.1) is 0 Å². The summed E-state index contributed by atoms with van der Waals surface area (Å²) in [6.45, 7) is 0.227. The zero-order valence-corrected chi connectivity index (χ0v) is 14.5. The Bertz CT molecular complexity index is 757. The Morgan fingerprint density at radius 2 is 1.52 bits per heavy atom. The summed E-state index contributed by atoms with van der Waals surface area (Å²) in [5.41, 5.74) is -0.969. The molecule has 1 amide bonds. The molecule has 0 spiro atoms. The molecule has 0 fully saturated rings. The van der Waals surface area contributed by atoms with Crippen LogP contribution in [0.4, 0.5) is 26.3 Å². The number of aromatic nitrogens is 1. The van der Waals surface area contributed by atoms with Crippen molar-refractivity contribution in [1.82, 2.24) is 10.3 Å². The Morgan fingerprint density at radius 1 is 0.926 bits per heavy atom. The predicted octanol–water partition coefficient (Wildman–Crippen LogP) is 4.57. The molecule has 1 aromatic carbocycles. The number of carbonyl (C=O) groups excluding carboxylic acids is 1. The van der Waals surface area contributed by atoms with Gasteiger partial charge in [-0.2, -0.15) is 26.3 Å². The van der Waals surface area contributed by atoms with E-state index in [-0.39, 0.29) is 23.2 Å². The average Bonchev–Trinajstić information content (AvgIpc) is 2.59. The number of hydrogen-bond acceptors (Lipinski definition) is 3. The van der Waals surface area contributed by atoms with Gasteiger partial charge in [-0.25, -0.2) is 4.98 Å². The molecule has 0 bridgehead atoms. The van der Waals surface area contributed by atoms with Crippen LogP contribution in [-0.4, -0.2) is 23.2 Å². The minimum Gasteiger partial charge on any atom is -0.355 e. The van der Waals surface area contributed by atoms with Crippen LogP contribution in [0.15, 0.2) is 47.6 Å². The number of amides is 1. The lowest BCUT2D eigenvalue weighted by atomic mass is 10.1. The molecule has 0 saturated carbocycles. The number of thioether (sulfide) groups is 1. The van der Waals surface area contributed by atoms with Gasteiger partial charge in [0.2, 0.25) is 5.91 Å². The van der Waals surface area contributed by atoms with E-state index in [0.717, 1.165) is 30.0 Å². The van der Waals surface area contributed by atoms with E-state index in [2.05, 4.69) is 10.3 Å². The maximum Gasteiger partial charge on any atom is 0.417 e. The Hall–Kier alpha value is -2.23. The van der Waals surface area contributed by atoms with E-state index in [1.807, 2.05) is 0 Å². The highest BCUT2D eigenvalue weighted by Crippen LogP contribution is 2.30. The fraction of sp³-hybridized carbons (Fsp3) is 0.294. The van der Waals surface area contributed by atoms with Crippen molar-refractivity contribution in [2.24, 2.45) is 0 Å². The number of alkyl halides is 6. The summed E-state index contributed by atoms with van der Waals surface area (Å²) in [6.07, 6.45) is -7.81. The average molecular weight is 408 g/mol. The highest BCUT2D eigenvalue weighted by Gasteiger charge is 2.31. The van der Waals surface area contributed by atoms with Crippen molar-refractivity contribution in [3.8, 4) is 0 Å². The Labute approximate surface area is 155 Å². The van der Waals surface area contributed by atoms with Crippen LogP contribution in [0.3, 0.4) is 0 Å². The fourth-order valence-corrected chi connectivity index (χ4v) is 2.70. The van der Waals surface area contributed by atoms with Gasteiger partial charge in [-0.3, -0.25) is 4.79 Å². The van der Waals surface area contributed by atoms with Crippen LogP contribution in [-0.2, 0) is 23.6 Å². The summed E-state index contributed by atoms with van der Waals surface area (Å²) in [5.74, 6) is -0.389. The van der Waals surface area contributed by atoms with Gasteiger partial charge in [0.15, 0.2) is 0 Å². The first-order valence-electron chi connectivity index (χ1n) is 7.64. The Balaban J connectivity index is 1.73. The lowest BCUT2D eigenvalue weighted by molar-refractivity contribution is -0.138. The minimum atomic E-state index is -4.47. The number of nitrogens with zero attached hydrogens (tertiary/aromatic N) is 1. The fourth-order valence-electron chi connectivity index (χ4n) is 2.03.